The number of amides is 2. The Morgan fingerprint density at radius 1 is 0.939 bits per heavy atom. The SMILES string of the molecule is CC(C)C(=O)N1CCN(C(=O)c2ccccc2NS(=O)(=O)c2cccc(C(F)(F)F)c2)CC1. The van der Waals surface area contributed by atoms with Crippen LogP contribution in [0, 0.1) is 5.92 Å². The van der Waals surface area contributed by atoms with Crippen LogP contribution in [0.15, 0.2) is 53.4 Å². The van der Waals surface area contributed by atoms with E-state index in [2.05, 4.69) is 4.72 Å². The van der Waals surface area contributed by atoms with Crippen LogP contribution in [0.25, 0.3) is 0 Å². The van der Waals surface area contributed by atoms with Gasteiger partial charge in [0, 0.05) is 32.1 Å². The molecule has 0 radical (unpaired) electrons. The van der Waals surface area contributed by atoms with E-state index in [1.807, 2.05) is 0 Å². The van der Waals surface area contributed by atoms with Crippen molar-refractivity contribution in [3.63, 3.8) is 0 Å². The molecule has 2 aromatic rings. The van der Waals surface area contributed by atoms with Crippen LogP contribution in [-0.2, 0) is 21.0 Å². The van der Waals surface area contributed by atoms with Gasteiger partial charge in [0.05, 0.1) is 21.7 Å². The maximum atomic E-state index is 13.1. The third-order valence-corrected chi connectivity index (χ3v) is 6.61. The average Bonchev–Trinajstić information content (AvgIpc) is 2.78. The van der Waals surface area contributed by atoms with Crippen LogP contribution in [0.4, 0.5) is 18.9 Å². The molecule has 1 aliphatic heterocycles. The number of hydrogen-bond acceptors (Lipinski definition) is 4. The highest BCUT2D eigenvalue weighted by molar-refractivity contribution is 7.92. The number of carbonyl (C=O) groups is 2. The molecule has 1 N–H and O–H groups in total. The molecular weight excluding hydrogens is 459 g/mol. The van der Waals surface area contributed by atoms with Gasteiger partial charge in [-0.05, 0) is 30.3 Å². The number of alkyl halides is 3. The van der Waals surface area contributed by atoms with Crippen molar-refractivity contribution in [2.45, 2.75) is 24.9 Å². The molecule has 3 rings (SSSR count). The van der Waals surface area contributed by atoms with Gasteiger partial charge in [0.15, 0.2) is 0 Å². The smallest absolute Gasteiger partial charge is 0.339 e. The van der Waals surface area contributed by atoms with Gasteiger partial charge in [-0.25, -0.2) is 8.42 Å². The van der Waals surface area contributed by atoms with E-state index in [-0.39, 0.29) is 36.2 Å². The first-order valence-electron chi connectivity index (χ1n) is 10.3. The largest absolute Gasteiger partial charge is 0.416 e. The summed E-state index contributed by atoms with van der Waals surface area (Å²) in [7, 11) is -4.39. The molecule has 7 nitrogen and oxygen atoms in total. The molecule has 0 unspecified atom stereocenters. The summed E-state index contributed by atoms with van der Waals surface area (Å²) in [6.07, 6.45) is -4.70. The summed E-state index contributed by atoms with van der Waals surface area (Å²) in [5, 5.41) is 0. The second-order valence-corrected chi connectivity index (χ2v) is 9.63. The summed E-state index contributed by atoms with van der Waals surface area (Å²) in [6, 6.07) is 9.26. The van der Waals surface area contributed by atoms with Crippen LogP contribution >= 0.6 is 0 Å². The molecule has 1 saturated heterocycles. The molecule has 1 heterocycles. The second-order valence-electron chi connectivity index (χ2n) is 7.95. The molecule has 0 aliphatic carbocycles. The number of carbonyl (C=O) groups excluding carboxylic acids is 2. The first-order chi connectivity index (χ1) is 15.4. The molecule has 0 spiro atoms. The third-order valence-electron chi connectivity index (χ3n) is 5.25. The summed E-state index contributed by atoms with van der Waals surface area (Å²) in [5.74, 6) is -0.594. The lowest BCUT2D eigenvalue weighted by atomic mass is 10.1. The lowest BCUT2D eigenvalue weighted by molar-refractivity contribution is -0.138. The van der Waals surface area contributed by atoms with Gasteiger partial charge in [0.1, 0.15) is 0 Å². The maximum absolute atomic E-state index is 13.1. The van der Waals surface area contributed by atoms with Gasteiger partial charge in [-0.3, -0.25) is 14.3 Å². The zero-order chi connectivity index (χ0) is 24.4. The van der Waals surface area contributed by atoms with E-state index in [0.717, 1.165) is 18.2 Å². The molecule has 33 heavy (non-hydrogen) atoms. The Morgan fingerprint density at radius 2 is 1.55 bits per heavy atom. The minimum atomic E-state index is -4.70. The Labute approximate surface area is 190 Å². The summed E-state index contributed by atoms with van der Waals surface area (Å²) in [5.41, 5.74) is -1.07. The van der Waals surface area contributed by atoms with Crippen LogP contribution in [-0.4, -0.2) is 56.2 Å². The minimum Gasteiger partial charge on any atom is -0.339 e. The summed E-state index contributed by atoms with van der Waals surface area (Å²) in [6.45, 7) is 4.89. The lowest BCUT2D eigenvalue weighted by Crippen LogP contribution is -2.51. The van der Waals surface area contributed by atoms with Gasteiger partial charge in [0.25, 0.3) is 15.9 Å². The number of anilines is 1. The maximum Gasteiger partial charge on any atom is 0.416 e. The fourth-order valence-electron chi connectivity index (χ4n) is 3.47. The number of para-hydroxylation sites is 1. The number of hydrogen-bond donors (Lipinski definition) is 1. The highest BCUT2D eigenvalue weighted by Crippen LogP contribution is 2.31. The van der Waals surface area contributed by atoms with E-state index in [4.69, 9.17) is 0 Å². The molecule has 11 heteroatoms. The molecule has 0 bridgehead atoms. The van der Waals surface area contributed by atoms with Crippen molar-refractivity contribution in [1.29, 1.82) is 0 Å². The highest BCUT2D eigenvalue weighted by atomic mass is 32.2. The summed E-state index contributed by atoms with van der Waals surface area (Å²) in [4.78, 5) is 27.9. The van der Waals surface area contributed by atoms with Crippen LogP contribution in [0.1, 0.15) is 29.8 Å². The molecule has 0 aromatic heterocycles. The number of rotatable bonds is 5. The summed E-state index contributed by atoms with van der Waals surface area (Å²) >= 11 is 0. The quantitative estimate of drug-likeness (QED) is 0.706. The second kappa shape index (κ2) is 9.42. The van der Waals surface area contributed by atoms with Crippen molar-refractivity contribution in [2.24, 2.45) is 5.92 Å². The van der Waals surface area contributed by atoms with E-state index < -0.39 is 32.6 Å². The van der Waals surface area contributed by atoms with E-state index in [9.17, 15) is 31.2 Å². The number of benzene rings is 2. The van der Waals surface area contributed by atoms with Crippen LogP contribution in [0.5, 0.6) is 0 Å². The third kappa shape index (κ3) is 5.65. The normalized spacial score (nSPS) is 15.0. The predicted molar refractivity (Wildman–Crippen MR) is 116 cm³/mol. The van der Waals surface area contributed by atoms with Crippen molar-refractivity contribution in [1.82, 2.24) is 9.80 Å². The Kier molecular flexibility index (Phi) is 7.01. The molecule has 2 amide bonds. The van der Waals surface area contributed by atoms with Gasteiger partial charge < -0.3 is 9.80 Å². The fourth-order valence-corrected chi connectivity index (χ4v) is 4.59. The first kappa shape index (κ1) is 24.6. The number of nitrogens with zero attached hydrogens (tertiary/aromatic N) is 2. The average molecular weight is 484 g/mol. The van der Waals surface area contributed by atoms with Gasteiger partial charge in [-0.2, -0.15) is 13.2 Å². The van der Waals surface area contributed by atoms with Crippen LogP contribution in [0.3, 0.4) is 0 Å². The monoisotopic (exact) mass is 483 g/mol. The van der Waals surface area contributed by atoms with Crippen molar-refractivity contribution >= 4 is 27.5 Å². The Balaban J connectivity index is 1.80. The number of piperazine rings is 1. The Bertz CT molecular complexity index is 1140. The summed E-state index contributed by atoms with van der Waals surface area (Å²) < 4.78 is 66.7. The van der Waals surface area contributed by atoms with Gasteiger partial charge >= 0.3 is 6.18 Å². The predicted octanol–water partition coefficient (Wildman–Crippen LogP) is 3.45. The van der Waals surface area contributed by atoms with Crippen molar-refractivity contribution < 1.29 is 31.2 Å². The number of halogens is 3. The van der Waals surface area contributed by atoms with Crippen LogP contribution in [0.2, 0.25) is 0 Å². The van der Waals surface area contributed by atoms with Crippen molar-refractivity contribution in [2.75, 3.05) is 30.9 Å². The zero-order valence-electron chi connectivity index (χ0n) is 18.1. The highest BCUT2D eigenvalue weighted by Gasteiger charge is 2.32. The van der Waals surface area contributed by atoms with Crippen molar-refractivity contribution in [3.05, 3.63) is 59.7 Å². The minimum absolute atomic E-state index is 0.00338. The van der Waals surface area contributed by atoms with E-state index in [0.29, 0.717) is 19.2 Å². The van der Waals surface area contributed by atoms with E-state index in [1.165, 1.54) is 23.1 Å². The van der Waals surface area contributed by atoms with E-state index in [1.54, 1.807) is 24.8 Å². The number of sulfonamides is 1. The van der Waals surface area contributed by atoms with Crippen LogP contribution < -0.4 is 4.72 Å². The van der Waals surface area contributed by atoms with Gasteiger partial charge in [0.2, 0.25) is 5.91 Å². The lowest BCUT2D eigenvalue weighted by Gasteiger charge is -2.35. The molecule has 1 fully saturated rings. The van der Waals surface area contributed by atoms with E-state index >= 15 is 0 Å². The fraction of sp³-hybridized carbons (Fsp3) is 0.364. The molecule has 0 atom stereocenters. The van der Waals surface area contributed by atoms with Gasteiger partial charge in [-0.1, -0.05) is 32.0 Å². The Morgan fingerprint density at radius 3 is 2.15 bits per heavy atom. The molecule has 178 valence electrons. The molecule has 0 saturated carbocycles. The first-order valence-corrected chi connectivity index (χ1v) is 11.8. The Hall–Kier alpha value is -3.08. The molecule has 2 aromatic carbocycles. The standard InChI is InChI=1S/C22H24F3N3O4S/c1-15(2)20(29)27-10-12-28(13-11-27)21(30)18-8-3-4-9-19(18)26-33(31,32)17-7-5-6-16(14-17)22(23,24)25/h3-9,14-15,26H,10-13H2,1-2H3. The van der Waals surface area contributed by atoms with Crippen molar-refractivity contribution in [3.8, 4) is 0 Å². The topological polar surface area (TPSA) is 86.8 Å². The molecule has 1 aliphatic rings. The molecular formula is C22H24F3N3O4S. The van der Waals surface area contributed by atoms with Gasteiger partial charge in [-0.15, -0.1) is 0 Å². The zero-order valence-corrected chi connectivity index (χ0v) is 18.9. The number of nitrogens with one attached hydrogen (secondary N) is 1.